The van der Waals surface area contributed by atoms with Crippen molar-refractivity contribution in [2.45, 2.75) is 25.7 Å². The molecule has 1 aromatic rings. The number of rotatable bonds is 6. The SMILES string of the molecule is O=C(O)CCn1nnnc1COCC(F)(F)F. The Balaban J connectivity index is 2.43. The molecule has 0 atom stereocenters. The normalized spacial score (nSPS) is 11.7. The molecule has 0 radical (unpaired) electrons. The summed E-state index contributed by atoms with van der Waals surface area (Å²) >= 11 is 0. The molecule has 0 saturated heterocycles. The molecule has 0 aliphatic rings. The fraction of sp³-hybridized carbons (Fsp3) is 0.714. The topological polar surface area (TPSA) is 90.1 Å². The molecular weight excluding hydrogens is 245 g/mol. The highest BCUT2D eigenvalue weighted by atomic mass is 19.4. The van der Waals surface area contributed by atoms with Crippen LogP contribution in [0.3, 0.4) is 0 Å². The summed E-state index contributed by atoms with van der Waals surface area (Å²) in [6.45, 7) is -1.85. The van der Waals surface area contributed by atoms with Crippen LogP contribution in [0.2, 0.25) is 0 Å². The van der Waals surface area contributed by atoms with Crippen molar-refractivity contribution in [1.82, 2.24) is 20.2 Å². The van der Waals surface area contributed by atoms with Crippen LogP contribution in [0.1, 0.15) is 12.2 Å². The Morgan fingerprint density at radius 2 is 2.18 bits per heavy atom. The number of carboxylic acid groups (broad SMARTS) is 1. The van der Waals surface area contributed by atoms with Crippen molar-refractivity contribution in [3.05, 3.63) is 5.82 Å². The molecule has 10 heteroatoms. The van der Waals surface area contributed by atoms with Crippen LogP contribution in [-0.4, -0.2) is 44.1 Å². The van der Waals surface area contributed by atoms with E-state index < -0.39 is 25.4 Å². The van der Waals surface area contributed by atoms with Gasteiger partial charge in [-0.3, -0.25) is 4.79 Å². The summed E-state index contributed by atoms with van der Waals surface area (Å²) in [5.41, 5.74) is 0. The summed E-state index contributed by atoms with van der Waals surface area (Å²) in [5, 5.41) is 18.5. The second-order valence-electron chi connectivity index (χ2n) is 3.07. The smallest absolute Gasteiger partial charge is 0.411 e. The number of tetrazole rings is 1. The molecule has 1 aromatic heterocycles. The van der Waals surface area contributed by atoms with Crippen LogP contribution in [0.4, 0.5) is 13.2 Å². The molecule has 0 aliphatic carbocycles. The van der Waals surface area contributed by atoms with Gasteiger partial charge in [-0.05, 0) is 10.4 Å². The second-order valence-corrected chi connectivity index (χ2v) is 3.07. The van der Waals surface area contributed by atoms with Crippen LogP contribution in [0.25, 0.3) is 0 Å². The number of hydrogen-bond donors (Lipinski definition) is 1. The fourth-order valence-electron chi connectivity index (χ4n) is 0.960. The zero-order valence-corrected chi connectivity index (χ0v) is 8.51. The average Bonchev–Trinajstić information content (AvgIpc) is 2.60. The molecule has 0 bridgehead atoms. The van der Waals surface area contributed by atoms with Crippen molar-refractivity contribution in [2.24, 2.45) is 0 Å². The zero-order chi connectivity index (χ0) is 12.9. The lowest BCUT2D eigenvalue weighted by Gasteiger charge is -2.07. The van der Waals surface area contributed by atoms with Crippen molar-refractivity contribution in [3.8, 4) is 0 Å². The van der Waals surface area contributed by atoms with Crippen LogP contribution in [0.5, 0.6) is 0 Å². The number of ether oxygens (including phenoxy) is 1. The number of carboxylic acids is 1. The van der Waals surface area contributed by atoms with E-state index in [0.29, 0.717) is 0 Å². The standard InChI is InChI=1S/C7H9F3N4O3/c8-7(9,10)4-17-3-5-11-12-13-14(5)2-1-6(15)16/h1-4H2,(H,15,16). The fourth-order valence-corrected chi connectivity index (χ4v) is 0.960. The minimum atomic E-state index is -4.42. The third-order valence-corrected chi connectivity index (χ3v) is 1.64. The highest BCUT2D eigenvalue weighted by Crippen LogP contribution is 2.15. The maximum atomic E-state index is 11.8. The third kappa shape index (κ3) is 5.24. The summed E-state index contributed by atoms with van der Waals surface area (Å²) in [7, 11) is 0. The molecule has 0 spiro atoms. The molecule has 96 valence electrons. The third-order valence-electron chi connectivity index (χ3n) is 1.64. The van der Waals surface area contributed by atoms with Crippen molar-refractivity contribution in [2.75, 3.05) is 6.61 Å². The summed E-state index contributed by atoms with van der Waals surface area (Å²) in [6, 6.07) is 0. The number of hydrogen-bond acceptors (Lipinski definition) is 5. The quantitative estimate of drug-likeness (QED) is 0.781. The largest absolute Gasteiger partial charge is 0.481 e. The minimum absolute atomic E-state index is 0.0208. The first kappa shape index (κ1) is 13.4. The molecule has 0 aliphatic heterocycles. The number of carbonyl (C=O) groups is 1. The number of nitrogens with zero attached hydrogens (tertiary/aromatic N) is 4. The lowest BCUT2D eigenvalue weighted by Crippen LogP contribution is -2.18. The van der Waals surface area contributed by atoms with Gasteiger partial charge in [0.1, 0.15) is 13.2 Å². The summed E-state index contributed by atoms with van der Waals surface area (Å²) in [6.07, 6.45) is -4.64. The van der Waals surface area contributed by atoms with Crippen LogP contribution >= 0.6 is 0 Å². The number of aromatic nitrogens is 4. The van der Waals surface area contributed by atoms with Crippen molar-refractivity contribution in [1.29, 1.82) is 0 Å². The molecule has 0 amide bonds. The van der Waals surface area contributed by atoms with Crippen molar-refractivity contribution in [3.63, 3.8) is 0 Å². The first-order valence-electron chi connectivity index (χ1n) is 4.50. The number of aryl methyl sites for hydroxylation is 1. The Labute approximate surface area is 93.2 Å². The van der Waals surface area contributed by atoms with Gasteiger partial charge in [0.05, 0.1) is 13.0 Å². The van der Waals surface area contributed by atoms with Crippen LogP contribution < -0.4 is 0 Å². The molecule has 0 unspecified atom stereocenters. The first-order chi connectivity index (χ1) is 7.88. The van der Waals surface area contributed by atoms with Gasteiger partial charge < -0.3 is 9.84 Å². The lowest BCUT2D eigenvalue weighted by molar-refractivity contribution is -0.177. The van der Waals surface area contributed by atoms with Crippen LogP contribution in [0, 0.1) is 0 Å². The van der Waals surface area contributed by atoms with Crippen LogP contribution in [0.15, 0.2) is 0 Å². The minimum Gasteiger partial charge on any atom is -0.481 e. The van der Waals surface area contributed by atoms with Crippen molar-refractivity contribution >= 4 is 5.97 Å². The highest BCUT2D eigenvalue weighted by Gasteiger charge is 2.27. The monoisotopic (exact) mass is 254 g/mol. The molecular formula is C7H9F3N4O3. The van der Waals surface area contributed by atoms with E-state index in [4.69, 9.17) is 5.11 Å². The molecule has 1 rings (SSSR count). The summed E-state index contributed by atoms with van der Waals surface area (Å²) in [4.78, 5) is 10.3. The number of halogens is 3. The van der Waals surface area contributed by atoms with E-state index in [1.807, 2.05) is 0 Å². The van der Waals surface area contributed by atoms with Gasteiger partial charge in [0.15, 0.2) is 5.82 Å². The predicted molar refractivity (Wildman–Crippen MR) is 45.8 cm³/mol. The van der Waals surface area contributed by atoms with Crippen molar-refractivity contribution < 1.29 is 27.8 Å². The Hall–Kier alpha value is -1.71. The van der Waals surface area contributed by atoms with E-state index in [2.05, 4.69) is 20.3 Å². The Morgan fingerprint density at radius 1 is 1.47 bits per heavy atom. The highest BCUT2D eigenvalue weighted by molar-refractivity contribution is 5.66. The van der Waals surface area contributed by atoms with E-state index in [1.54, 1.807) is 0 Å². The molecule has 0 saturated carbocycles. The Bertz CT molecular complexity index is 379. The van der Waals surface area contributed by atoms with Gasteiger partial charge >= 0.3 is 12.1 Å². The number of aliphatic carboxylic acids is 1. The molecule has 0 fully saturated rings. The maximum Gasteiger partial charge on any atom is 0.411 e. The Kier molecular flexibility index (Phi) is 4.37. The summed E-state index contributed by atoms with van der Waals surface area (Å²) in [5.74, 6) is -1.00. The molecule has 1 heterocycles. The van der Waals surface area contributed by atoms with Crippen LogP contribution in [-0.2, 0) is 22.7 Å². The average molecular weight is 254 g/mol. The Morgan fingerprint density at radius 3 is 2.76 bits per heavy atom. The van der Waals surface area contributed by atoms with E-state index in [-0.39, 0.29) is 18.8 Å². The zero-order valence-electron chi connectivity index (χ0n) is 8.51. The van der Waals surface area contributed by atoms with Gasteiger partial charge in [-0.25, -0.2) is 4.68 Å². The van der Waals surface area contributed by atoms with E-state index in [1.165, 1.54) is 0 Å². The van der Waals surface area contributed by atoms with E-state index >= 15 is 0 Å². The molecule has 17 heavy (non-hydrogen) atoms. The van der Waals surface area contributed by atoms with Gasteiger partial charge in [0.2, 0.25) is 0 Å². The maximum absolute atomic E-state index is 11.8. The van der Waals surface area contributed by atoms with Gasteiger partial charge in [-0.2, -0.15) is 13.2 Å². The van der Waals surface area contributed by atoms with Gasteiger partial charge in [0, 0.05) is 0 Å². The molecule has 7 nitrogen and oxygen atoms in total. The second kappa shape index (κ2) is 5.57. The van der Waals surface area contributed by atoms with E-state index in [9.17, 15) is 18.0 Å². The van der Waals surface area contributed by atoms with E-state index in [0.717, 1.165) is 4.68 Å². The predicted octanol–water partition coefficient (Wildman–Crippen LogP) is 0.227. The number of alkyl halides is 3. The summed E-state index contributed by atoms with van der Waals surface area (Å²) < 4.78 is 40.8. The van der Waals surface area contributed by atoms with Gasteiger partial charge in [-0.1, -0.05) is 0 Å². The molecule has 0 aromatic carbocycles. The van der Waals surface area contributed by atoms with Gasteiger partial charge in [-0.15, -0.1) is 5.10 Å². The molecule has 1 N–H and O–H groups in total. The lowest BCUT2D eigenvalue weighted by atomic mass is 10.4. The van der Waals surface area contributed by atoms with Gasteiger partial charge in [0.25, 0.3) is 0 Å². The first-order valence-corrected chi connectivity index (χ1v) is 4.50.